The molecule has 1 N–H and O–H groups in total. The fourth-order valence-electron chi connectivity index (χ4n) is 4.32. The minimum Gasteiger partial charge on any atom is -0.351 e. The molecule has 1 saturated heterocycles. The van der Waals surface area contributed by atoms with Gasteiger partial charge in [0.15, 0.2) is 5.11 Å². The van der Waals surface area contributed by atoms with Gasteiger partial charge in [-0.05, 0) is 78.8 Å². The number of pyridine rings is 1. The minimum absolute atomic E-state index is 0.0844. The summed E-state index contributed by atoms with van der Waals surface area (Å²) in [6, 6.07) is 26.5. The van der Waals surface area contributed by atoms with Crippen molar-refractivity contribution in [2.24, 2.45) is 0 Å². The Bertz CT molecular complexity index is 1240. The molecule has 0 saturated carbocycles. The number of rotatable bonds is 5. The van der Waals surface area contributed by atoms with Crippen molar-refractivity contribution in [3.63, 3.8) is 0 Å². The number of aromatic nitrogens is 2. The third kappa shape index (κ3) is 3.78. The Hall–Kier alpha value is -3.15. The molecular weight excluding hydrogens is 436 g/mol. The van der Waals surface area contributed by atoms with Gasteiger partial charge in [0, 0.05) is 34.5 Å². The topological polar surface area (TPSA) is 33.1 Å². The maximum absolute atomic E-state index is 6.31. The van der Waals surface area contributed by atoms with E-state index in [1.165, 1.54) is 5.56 Å². The van der Waals surface area contributed by atoms with Gasteiger partial charge in [0.2, 0.25) is 0 Å². The lowest BCUT2D eigenvalue weighted by Gasteiger charge is -2.29. The van der Waals surface area contributed by atoms with E-state index in [1.54, 1.807) is 0 Å². The van der Waals surface area contributed by atoms with Crippen molar-refractivity contribution in [3.8, 4) is 5.69 Å². The highest BCUT2D eigenvalue weighted by molar-refractivity contribution is 7.80. The number of anilines is 1. The van der Waals surface area contributed by atoms with E-state index in [9.17, 15) is 0 Å². The molecule has 1 fully saturated rings. The second-order valence-corrected chi connectivity index (χ2v) is 8.62. The quantitative estimate of drug-likeness (QED) is 0.357. The van der Waals surface area contributed by atoms with Gasteiger partial charge in [0.1, 0.15) is 6.04 Å². The van der Waals surface area contributed by atoms with Crippen molar-refractivity contribution < 1.29 is 0 Å². The Kier molecular flexibility index (Phi) is 5.68. The number of nitrogens with zero attached hydrogens (tertiary/aromatic N) is 3. The molecule has 4 nitrogen and oxygen atoms in total. The molecule has 2 aromatic carbocycles. The SMILES string of the molecule is CCc1ccc(N2C(=S)N[C@H](c3ccccn3)[C@H]2c2cccn2-c2cccc(Cl)c2)cc1. The second kappa shape index (κ2) is 8.77. The van der Waals surface area contributed by atoms with Crippen LogP contribution in [0.3, 0.4) is 0 Å². The first-order valence-electron chi connectivity index (χ1n) is 10.7. The fourth-order valence-corrected chi connectivity index (χ4v) is 4.85. The standard InChI is InChI=1S/C26H23ClN4S/c1-2-18-11-13-20(14-12-18)31-25(24(29-26(31)32)22-9-3-4-15-28-22)23-10-6-16-30(23)21-8-5-7-19(27)17-21/h3-17,24-25H,2H2,1H3,(H,29,32)/t24-,25-/m1/s1. The number of aryl methyl sites for hydroxylation is 1. The fraction of sp³-hybridized carbons (Fsp3) is 0.154. The molecule has 5 rings (SSSR count). The normalized spacial score (nSPS) is 18.1. The minimum atomic E-state index is -0.0950. The van der Waals surface area contributed by atoms with E-state index in [4.69, 9.17) is 23.8 Å². The molecule has 4 aromatic rings. The summed E-state index contributed by atoms with van der Waals surface area (Å²) in [6.07, 6.45) is 4.89. The van der Waals surface area contributed by atoms with Gasteiger partial charge >= 0.3 is 0 Å². The number of halogens is 1. The van der Waals surface area contributed by atoms with E-state index in [-0.39, 0.29) is 12.1 Å². The molecule has 1 aliphatic rings. The zero-order valence-corrected chi connectivity index (χ0v) is 19.2. The summed E-state index contributed by atoms with van der Waals surface area (Å²) in [7, 11) is 0. The highest BCUT2D eigenvalue weighted by atomic mass is 35.5. The van der Waals surface area contributed by atoms with Gasteiger partial charge in [-0.25, -0.2) is 0 Å². The van der Waals surface area contributed by atoms with E-state index in [0.717, 1.165) is 29.2 Å². The Morgan fingerprint density at radius 2 is 1.81 bits per heavy atom. The number of hydrogen-bond acceptors (Lipinski definition) is 2. The predicted molar refractivity (Wildman–Crippen MR) is 135 cm³/mol. The van der Waals surface area contributed by atoms with Crippen LogP contribution in [-0.2, 0) is 6.42 Å². The van der Waals surface area contributed by atoms with Crippen LogP contribution in [0.5, 0.6) is 0 Å². The highest BCUT2D eigenvalue weighted by Crippen LogP contribution is 2.42. The molecule has 1 aliphatic heterocycles. The lowest BCUT2D eigenvalue weighted by atomic mass is 10.0. The Morgan fingerprint density at radius 3 is 2.53 bits per heavy atom. The first-order chi connectivity index (χ1) is 15.7. The monoisotopic (exact) mass is 458 g/mol. The number of benzene rings is 2. The molecule has 160 valence electrons. The van der Waals surface area contributed by atoms with Crippen molar-refractivity contribution in [2.45, 2.75) is 25.4 Å². The number of thiocarbonyl (C=S) groups is 1. The second-order valence-electron chi connectivity index (χ2n) is 7.80. The van der Waals surface area contributed by atoms with Gasteiger partial charge in [-0.1, -0.05) is 42.8 Å². The van der Waals surface area contributed by atoms with E-state index in [1.807, 2.05) is 42.6 Å². The molecule has 0 bridgehead atoms. The summed E-state index contributed by atoms with van der Waals surface area (Å²) < 4.78 is 2.18. The van der Waals surface area contributed by atoms with E-state index in [0.29, 0.717) is 10.1 Å². The molecule has 6 heteroatoms. The maximum atomic E-state index is 6.31. The molecule has 3 heterocycles. The van der Waals surface area contributed by atoms with Gasteiger partial charge < -0.3 is 14.8 Å². The molecule has 0 spiro atoms. The van der Waals surface area contributed by atoms with Gasteiger partial charge in [-0.15, -0.1) is 0 Å². The van der Waals surface area contributed by atoms with Gasteiger partial charge in [-0.2, -0.15) is 0 Å². The molecule has 32 heavy (non-hydrogen) atoms. The molecule has 0 aliphatic carbocycles. The molecular formula is C26H23ClN4S. The summed E-state index contributed by atoms with van der Waals surface area (Å²) in [4.78, 5) is 6.85. The third-order valence-corrected chi connectivity index (χ3v) is 6.44. The Labute approximate surface area is 198 Å². The maximum Gasteiger partial charge on any atom is 0.174 e. The van der Waals surface area contributed by atoms with Crippen LogP contribution in [0.25, 0.3) is 5.69 Å². The van der Waals surface area contributed by atoms with Crippen molar-refractivity contribution >= 4 is 34.6 Å². The zero-order chi connectivity index (χ0) is 22.1. The molecule has 0 amide bonds. The van der Waals surface area contributed by atoms with Crippen molar-refractivity contribution in [1.29, 1.82) is 0 Å². The van der Waals surface area contributed by atoms with Crippen LogP contribution in [0.2, 0.25) is 5.02 Å². The van der Waals surface area contributed by atoms with Crippen LogP contribution >= 0.6 is 23.8 Å². The van der Waals surface area contributed by atoms with Crippen LogP contribution in [0, 0.1) is 0 Å². The first-order valence-corrected chi connectivity index (χ1v) is 11.5. The summed E-state index contributed by atoms with van der Waals surface area (Å²) in [6.45, 7) is 2.16. The van der Waals surface area contributed by atoms with Crippen LogP contribution in [-0.4, -0.2) is 14.7 Å². The third-order valence-electron chi connectivity index (χ3n) is 5.89. The number of nitrogens with one attached hydrogen (secondary N) is 1. The van der Waals surface area contributed by atoms with Crippen LogP contribution in [0.1, 0.15) is 36.0 Å². The van der Waals surface area contributed by atoms with E-state index in [2.05, 4.69) is 75.4 Å². The zero-order valence-electron chi connectivity index (χ0n) is 17.6. The highest BCUT2D eigenvalue weighted by Gasteiger charge is 2.42. The summed E-state index contributed by atoms with van der Waals surface area (Å²) in [5.41, 5.74) is 5.42. The van der Waals surface area contributed by atoms with Gasteiger partial charge in [0.05, 0.1) is 11.7 Å². The average Bonchev–Trinajstić information content (AvgIpc) is 3.44. The molecule has 0 unspecified atom stereocenters. The van der Waals surface area contributed by atoms with Crippen LogP contribution in [0.15, 0.2) is 91.3 Å². The summed E-state index contributed by atoms with van der Waals surface area (Å²) >= 11 is 12.2. The van der Waals surface area contributed by atoms with E-state index < -0.39 is 0 Å². The van der Waals surface area contributed by atoms with Gasteiger partial charge in [-0.3, -0.25) is 4.98 Å². The smallest absolute Gasteiger partial charge is 0.174 e. The predicted octanol–water partition coefficient (Wildman–Crippen LogP) is 6.27. The van der Waals surface area contributed by atoms with Crippen molar-refractivity contribution in [1.82, 2.24) is 14.9 Å². The first kappa shape index (κ1) is 20.7. The van der Waals surface area contributed by atoms with Crippen molar-refractivity contribution in [2.75, 3.05) is 4.90 Å². The Morgan fingerprint density at radius 1 is 0.969 bits per heavy atom. The van der Waals surface area contributed by atoms with Gasteiger partial charge in [0.25, 0.3) is 0 Å². The average molecular weight is 459 g/mol. The Balaban J connectivity index is 1.65. The summed E-state index contributed by atoms with van der Waals surface area (Å²) in [5, 5.41) is 4.92. The summed E-state index contributed by atoms with van der Waals surface area (Å²) in [5.74, 6) is 0. The number of hydrogen-bond donors (Lipinski definition) is 1. The molecule has 0 radical (unpaired) electrons. The lowest BCUT2D eigenvalue weighted by Crippen LogP contribution is -2.30. The largest absolute Gasteiger partial charge is 0.351 e. The van der Waals surface area contributed by atoms with Crippen LogP contribution in [0.4, 0.5) is 5.69 Å². The molecule has 2 atom stereocenters. The van der Waals surface area contributed by atoms with Crippen molar-refractivity contribution in [3.05, 3.63) is 113 Å². The molecule has 2 aromatic heterocycles. The van der Waals surface area contributed by atoms with E-state index >= 15 is 0 Å². The lowest BCUT2D eigenvalue weighted by molar-refractivity contribution is 0.549. The van der Waals surface area contributed by atoms with Crippen LogP contribution < -0.4 is 10.2 Å².